The van der Waals surface area contributed by atoms with Gasteiger partial charge in [-0.3, -0.25) is 9.59 Å². The Morgan fingerprint density at radius 3 is 2.56 bits per heavy atom. The van der Waals surface area contributed by atoms with Crippen LogP contribution in [0.1, 0.15) is 52.4 Å². The van der Waals surface area contributed by atoms with Gasteiger partial charge in [0.1, 0.15) is 17.7 Å². The predicted octanol–water partition coefficient (Wildman–Crippen LogP) is 2.72. The molecule has 1 aliphatic heterocycles. The van der Waals surface area contributed by atoms with Crippen molar-refractivity contribution in [2.75, 3.05) is 6.61 Å². The molecule has 4 unspecified atom stereocenters. The number of ether oxygens (including phenoxy) is 2. The van der Waals surface area contributed by atoms with Gasteiger partial charge in [-0.25, -0.2) is 4.39 Å². The lowest BCUT2D eigenvalue weighted by Crippen LogP contribution is -2.70. The average Bonchev–Trinajstić information content (AvgIpc) is 3.09. The monoisotopic (exact) mass is 468 g/mol. The fraction of sp³-hybridized carbons (Fsp3) is 0.652. The number of aliphatic hydroxyl groups excluding tert-OH is 1. The third-order valence-electron chi connectivity index (χ3n) is 7.42. The number of carbonyl (C=O) groups is 2. The quantitative estimate of drug-likeness (QED) is 0.596. The van der Waals surface area contributed by atoms with E-state index in [0.29, 0.717) is 44.4 Å². The normalized spacial score (nSPS) is 36.0. The summed E-state index contributed by atoms with van der Waals surface area (Å²) in [6, 6.07) is 3.97. The Morgan fingerprint density at radius 2 is 1.97 bits per heavy atom. The van der Waals surface area contributed by atoms with Crippen molar-refractivity contribution in [1.29, 1.82) is 0 Å². The number of aliphatic hydroxyl groups is 1. The zero-order valence-corrected chi connectivity index (χ0v) is 19.1. The summed E-state index contributed by atoms with van der Waals surface area (Å²) in [5.41, 5.74) is -1.22. The molecule has 9 heteroatoms. The molecule has 1 aromatic rings. The maximum Gasteiger partial charge on any atom is 0.258 e. The number of nitrogens with one attached hydrogen (secondary N) is 2. The van der Waals surface area contributed by atoms with Crippen LogP contribution in [0.3, 0.4) is 0 Å². The highest BCUT2D eigenvalue weighted by molar-refractivity contribution is 6.30. The lowest BCUT2D eigenvalue weighted by Gasteiger charge is -2.56. The van der Waals surface area contributed by atoms with E-state index < -0.39 is 29.1 Å². The van der Waals surface area contributed by atoms with E-state index in [0.717, 1.165) is 6.07 Å². The molecular formula is C23H30ClFN2O5. The minimum Gasteiger partial charge on any atom is -0.484 e. The van der Waals surface area contributed by atoms with E-state index in [-0.39, 0.29) is 35.3 Å². The van der Waals surface area contributed by atoms with E-state index in [2.05, 4.69) is 17.6 Å². The van der Waals surface area contributed by atoms with Crippen molar-refractivity contribution < 1.29 is 28.6 Å². The molecule has 7 nitrogen and oxygen atoms in total. The van der Waals surface area contributed by atoms with Crippen LogP contribution >= 0.6 is 11.6 Å². The van der Waals surface area contributed by atoms with Crippen molar-refractivity contribution in [3.63, 3.8) is 0 Å². The molecule has 0 radical (unpaired) electrons. The van der Waals surface area contributed by atoms with Crippen LogP contribution in [0.4, 0.5) is 4.39 Å². The number of amides is 2. The van der Waals surface area contributed by atoms with Gasteiger partial charge in [0, 0.05) is 11.6 Å². The van der Waals surface area contributed by atoms with Crippen molar-refractivity contribution in [1.82, 2.24) is 10.6 Å². The van der Waals surface area contributed by atoms with Crippen molar-refractivity contribution in [3.8, 4) is 5.75 Å². The van der Waals surface area contributed by atoms with Gasteiger partial charge in [-0.15, -0.1) is 0 Å². The number of rotatable bonds is 6. The Morgan fingerprint density at radius 1 is 1.25 bits per heavy atom. The van der Waals surface area contributed by atoms with E-state index >= 15 is 0 Å². The fourth-order valence-corrected chi connectivity index (χ4v) is 5.30. The molecule has 1 saturated heterocycles. The highest BCUT2D eigenvalue weighted by Crippen LogP contribution is 2.47. The molecule has 4 aliphatic rings. The molecule has 3 N–H and O–H groups in total. The minimum absolute atomic E-state index is 0.0210. The number of hydrogen-bond donors (Lipinski definition) is 3. The Kier molecular flexibility index (Phi) is 6.40. The van der Waals surface area contributed by atoms with Gasteiger partial charge in [0.15, 0.2) is 6.61 Å². The molecule has 2 amide bonds. The summed E-state index contributed by atoms with van der Waals surface area (Å²) in [6.07, 6.45) is 2.32. The molecule has 3 aliphatic carbocycles. The summed E-state index contributed by atoms with van der Waals surface area (Å²) in [6.45, 7) is 3.75. The molecule has 0 aromatic heterocycles. The van der Waals surface area contributed by atoms with Crippen LogP contribution in [0.5, 0.6) is 5.75 Å². The molecule has 4 atom stereocenters. The van der Waals surface area contributed by atoms with Gasteiger partial charge in [-0.05, 0) is 63.5 Å². The zero-order chi connectivity index (χ0) is 23.1. The Labute approximate surface area is 192 Å². The van der Waals surface area contributed by atoms with Gasteiger partial charge in [-0.1, -0.05) is 18.5 Å². The summed E-state index contributed by atoms with van der Waals surface area (Å²) in [4.78, 5) is 25.3. The number of fused-ring (bicyclic) bond motifs is 3. The Bertz CT molecular complexity index is 879. The molecule has 5 rings (SSSR count). The molecular weight excluding hydrogens is 439 g/mol. The standard InChI is InChI=1S/C23H30ClFN2O5/c1-13-9-18(32-14(13)2)21(30)27-22-5-7-23(8-6-22,19(28)11-22)26-20(29)12-31-15-3-4-16(24)17(25)10-15/h3-4,10,13-14,18-19,28H,5-9,11-12H2,1-2H3,(H,26,29)(H,27,30). The van der Waals surface area contributed by atoms with Crippen LogP contribution in [0.2, 0.25) is 5.02 Å². The average molecular weight is 469 g/mol. The third-order valence-corrected chi connectivity index (χ3v) is 7.72. The van der Waals surface area contributed by atoms with Crippen LogP contribution < -0.4 is 15.4 Å². The van der Waals surface area contributed by atoms with E-state index in [1.54, 1.807) is 0 Å². The first kappa shape index (κ1) is 23.3. The lowest BCUT2D eigenvalue weighted by molar-refractivity contribution is -0.141. The third kappa shape index (κ3) is 4.58. The Balaban J connectivity index is 1.31. The summed E-state index contributed by atoms with van der Waals surface area (Å²) in [5, 5.41) is 16.9. The first-order valence-corrected chi connectivity index (χ1v) is 11.5. The number of halogens is 2. The molecule has 4 fully saturated rings. The van der Waals surface area contributed by atoms with Gasteiger partial charge in [-0.2, -0.15) is 0 Å². The van der Waals surface area contributed by atoms with E-state index in [1.807, 2.05) is 6.92 Å². The largest absolute Gasteiger partial charge is 0.484 e. The van der Waals surface area contributed by atoms with Crippen molar-refractivity contribution in [2.45, 2.75) is 81.8 Å². The summed E-state index contributed by atoms with van der Waals surface area (Å²) >= 11 is 5.65. The second-order valence-electron chi connectivity index (χ2n) is 9.60. The second-order valence-corrected chi connectivity index (χ2v) is 10.0. The second kappa shape index (κ2) is 8.80. The van der Waals surface area contributed by atoms with Gasteiger partial charge >= 0.3 is 0 Å². The summed E-state index contributed by atoms with van der Waals surface area (Å²) in [5.74, 6) is -0.591. The molecule has 32 heavy (non-hydrogen) atoms. The lowest BCUT2D eigenvalue weighted by atomic mass is 9.60. The number of hydrogen-bond acceptors (Lipinski definition) is 5. The minimum atomic E-state index is -0.787. The maximum absolute atomic E-state index is 13.5. The first-order chi connectivity index (χ1) is 15.1. The smallest absolute Gasteiger partial charge is 0.258 e. The van der Waals surface area contributed by atoms with Crippen LogP contribution in [0.15, 0.2) is 18.2 Å². The Hall–Kier alpha value is -1.90. The predicted molar refractivity (Wildman–Crippen MR) is 116 cm³/mol. The molecule has 176 valence electrons. The van der Waals surface area contributed by atoms with Gasteiger partial charge in [0.05, 0.1) is 22.8 Å². The summed E-state index contributed by atoms with van der Waals surface area (Å²) < 4.78 is 24.7. The van der Waals surface area contributed by atoms with E-state index in [4.69, 9.17) is 21.1 Å². The van der Waals surface area contributed by atoms with Crippen LogP contribution in [0.25, 0.3) is 0 Å². The van der Waals surface area contributed by atoms with Gasteiger partial charge in [0.25, 0.3) is 5.91 Å². The maximum atomic E-state index is 13.5. The van der Waals surface area contributed by atoms with Crippen molar-refractivity contribution >= 4 is 23.4 Å². The van der Waals surface area contributed by atoms with Crippen LogP contribution in [-0.2, 0) is 14.3 Å². The number of carbonyl (C=O) groups excluding carboxylic acids is 2. The number of benzene rings is 1. The molecule has 3 saturated carbocycles. The van der Waals surface area contributed by atoms with Crippen LogP contribution in [0, 0.1) is 11.7 Å². The zero-order valence-electron chi connectivity index (χ0n) is 18.3. The van der Waals surface area contributed by atoms with E-state index in [1.165, 1.54) is 12.1 Å². The molecule has 1 aromatic carbocycles. The molecule has 1 heterocycles. The van der Waals surface area contributed by atoms with Crippen molar-refractivity contribution in [2.24, 2.45) is 5.92 Å². The first-order valence-electron chi connectivity index (χ1n) is 11.2. The van der Waals surface area contributed by atoms with Crippen LogP contribution in [-0.4, -0.2) is 52.9 Å². The van der Waals surface area contributed by atoms with Gasteiger partial charge in [0.2, 0.25) is 5.91 Å². The topological polar surface area (TPSA) is 96.9 Å². The molecule has 2 bridgehead atoms. The SMILES string of the molecule is CC1CC(C(=O)NC23CCC(NC(=O)COc4ccc(Cl)c(F)c4)(CC2)C(O)C3)OC1C. The molecule has 0 spiro atoms. The summed E-state index contributed by atoms with van der Waals surface area (Å²) in [7, 11) is 0. The van der Waals surface area contributed by atoms with Gasteiger partial charge < -0.3 is 25.2 Å². The fourth-order valence-electron chi connectivity index (χ4n) is 5.18. The van der Waals surface area contributed by atoms with Crippen molar-refractivity contribution in [3.05, 3.63) is 29.0 Å². The highest BCUT2D eigenvalue weighted by Gasteiger charge is 2.55. The van der Waals surface area contributed by atoms with E-state index in [9.17, 15) is 19.1 Å². The highest BCUT2D eigenvalue weighted by atomic mass is 35.5.